The molecule has 0 aromatic heterocycles. The van der Waals surface area contributed by atoms with Crippen molar-refractivity contribution in [2.45, 2.75) is 38.8 Å². The van der Waals surface area contributed by atoms with Crippen molar-refractivity contribution >= 4 is 0 Å². The summed E-state index contributed by atoms with van der Waals surface area (Å²) in [5.74, 6) is 0.517. The molecule has 2 atom stereocenters. The Kier molecular flexibility index (Phi) is 4.07. The van der Waals surface area contributed by atoms with Gasteiger partial charge in [0.15, 0.2) is 0 Å². The van der Waals surface area contributed by atoms with Crippen LogP contribution in [0, 0.1) is 18.7 Å². The number of rotatable bonds is 5. The standard InChI is InChI=1S/C19H22FN/c1-13-3-5-15(6-4-13)14(2)21-19(16-7-8-16)17-9-11-18(20)12-10-17/h3-6,9-12,14,16,19,21H,7-8H2,1-2H3. The minimum Gasteiger partial charge on any atom is -0.303 e. The van der Waals surface area contributed by atoms with E-state index >= 15 is 0 Å². The van der Waals surface area contributed by atoms with Crippen molar-refractivity contribution in [2.24, 2.45) is 5.92 Å². The number of hydrogen-bond acceptors (Lipinski definition) is 1. The van der Waals surface area contributed by atoms with E-state index in [0.29, 0.717) is 18.0 Å². The van der Waals surface area contributed by atoms with Crippen LogP contribution in [0.4, 0.5) is 4.39 Å². The highest BCUT2D eigenvalue weighted by Crippen LogP contribution is 2.42. The summed E-state index contributed by atoms with van der Waals surface area (Å²) in [4.78, 5) is 0. The van der Waals surface area contributed by atoms with Crippen LogP contribution in [-0.4, -0.2) is 0 Å². The first-order valence-electron chi connectivity index (χ1n) is 7.71. The van der Waals surface area contributed by atoms with Gasteiger partial charge < -0.3 is 5.32 Å². The number of nitrogens with one attached hydrogen (secondary N) is 1. The van der Waals surface area contributed by atoms with Crippen LogP contribution in [0.25, 0.3) is 0 Å². The third-order valence-corrected chi connectivity index (χ3v) is 4.33. The van der Waals surface area contributed by atoms with Gasteiger partial charge in [0.25, 0.3) is 0 Å². The van der Waals surface area contributed by atoms with Gasteiger partial charge in [-0.05, 0) is 55.9 Å². The van der Waals surface area contributed by atoms with Crippen molar-refractivity contribution in [3.05, 3.63) is 71.0 Å². The van der Waals surface area contributed by atoms with Gasteiger partial charge in [-0.2, -0.15) is 0 Å². The Morgan fingerprint density at radius 1 is 0.952 bits per heavy atom. The fourth-order valence-electron chi connectivity index (χ4n) is 2.82. The van der Waals surface area contributed by atoms with Crippen molar-refractivity contribution < 1.29 is 4.39 Å². The highest BCUT2D eigenvalue weighted by Gasteiger charge is 2.33. The minimum atomic E-state index is -0.167. The minimum absolute atomic E-state index is 0.167. The van der Waals surface area contributed by atoms with E-state index in [1.54, 1.807) is 12.1 Å². The number of halogens is 1. The lowest BCUT2D eigenvalue weighted by Crippen LogP contribution is -2.26. The maximum Gasteiger partial charge on any atom is 0.123 e. The van der Waals surface area contributed by atoms with Crippen LogP contribution >= 0.6 is 0 Å². The topological polar surface area (TPSA) is 12.0 Å². The average Bonchev–Trinajstić information content (AvgIpc) is 3.31. The molecule has 110 valence electrons. The molecule has 2 aromatic carbocycles. The zero-order valence-electron chi connectivity index (χ0n) is 12.6. The third kappa shape index (κ3) is 3.51. The molecular weight excluding hydrogens is 261 g/mol. The molecule has 0 aliphatic heterocycles. The van der Waals surface area contributed by atoms with Crippen molar-refractivity contribution in [3.8, 4) is 0 Å². The summed E-state index contributed by atoms with van der Waals surface area (Å²) in [5.41, 5.74) is 3.77. The fraction of sp³-hybridized carbons (Fsp3) is 0.368. The van der Waals surface area contributed by atoms with E-state index in [1.165, 1.54) is 29.5 Å². The Morgan fingerprint density at radius 3 is 2.10 bits per heavy atom. The average molecular weight is 283 g/mol. The second kappa shape index (κ2) is 5.98. The molecule has 0 spiro atoms. The van der Waals surface area contributed by atoms with E-state index in [0.717, 1.165) is 0 Å². The molecule has 1 aliphatic carbocycles. The molecule has 1 saturated carbocycles. The molecule has 1 nitrogen and oxygen atoms in total. The van der Waals surface area contributed by atoms with E-state index in [1.807, 2.05) is 12.1 Å². The lowest BCUT2D eigenvalue weighted by Gasteiger charge is -2.24. The zero-order chi connectivity index (χ0) is 14.8. The molecule has 1 N–H and O–H groups in total. The molecule has 2 heteroatoms. The predicted octanol–water partition coefficient (Wildman–Crippen LogP) is 4.94. The smallest absolute Gasteiger partial charge is 0.123 e. The quantitative estimate of drug-likeness (QED) is 0.820. The highest BCUT2D eigenvalue weighted by atomic mass is 19.1. The first kappa shape index (κ1) is 14.3. The summed E-state index contributed by atoms with van der Waals surface area (Å²) in [6.07, 6.45) is 2.52. The molecule has 0 heterocycles. The van der Waals surface area contributed by atoms with E-state index < -0.39 is 0 Å². The van der Waals surface area contributed by atoms with Crippen LogP contribution in [0.1, 0.15) is 48.5 Å². The van der Waals surface area contributed by atoms with Gasteiger partial charge in [-0.1, -0.05) is 42.0 Å². The second-order valence-electron chi connectivity index (χ2n) is 6.17. The van der Waals surface area contributed by atoms with Crippen LogP contribution in [-0.2, 0) is 0 Å². The molecule has 0 amide bonds. The van der Waals surface area contributed by atoms with Gasteiger partial charge in [0, 0.05) is 12.1 Å². The molecule has 21 heavy (non-hydrogen) atoms. The molecule has 2 aromatic rings. The summed E-state index contributed by atoms with van der Waals surface area (Å²) in [6, 6.07) is 16.2. The van der Waals surface area contributed by atoms with Crippen LogP contribution in [0.5, 0.6) is 0 Å². The zero-order valence-corrected chi connectivity index (χ0v) is 12.6. The summed E-state index contributed by atoms with van der Waals surface area (Å²) < 4.78 is 13.1. The molecule has 3 rings (SSSR count). The first-order chi connectivity index (χ1) is 10.1. The maximum atomic E-state index is 13.1. The Balaban J connectivity index is 1.76. The van der Waals surface area contributed by atoms with Crippen LogP contribution < -0.4 is 5.32 Å². The van der Waals surface area contributed by atoms with Gasteiger partial charge in [0.2, 0.25) is 0 Å². The van der Waals surface area contributed by atoms with Crippen molar-refractivity contribution in [1.29, 1.82) is 0 Å². The molecule has 0 bridgehead atoms. The molecular formula is C19H22FN. The van der Waals surface area contributed by atoms with Gasteiger partial charge in [0.1, 0.15) is 5.82 Å². The molecule has 1 fully saturated rings. The molecule has 1 aliphatic rings. The fourth-order valence-corrected chi connectivity index (χ4v) is 2.82. The summed E-state index contributed by atoms with van der Waals surface area (Å²) in [6.45, 7) is 4.30. The predicted molar refractivity (Wildman–Crippen MR) is 84.6 cm³/mol. The highest BCUT2D eigenvalue weighted by molar-refractivity contribution is 5.26. The summed E-state index contributed by atoms with van der Waals surface area (Å²) in [5, 5.41) is 3.73. The number of benzene rings is 2. The van der Waals surface area contributed by atoms with Gasteiger partial charge in [-0.25, -0.2) is 4.39 Å². The molecule has 0 radical (unpaired) electrons. The van der Waals surface area contributed by atoms with Crippen molar-refractivity contribution in [1.82, 2.24) is 5.32 Å². The van der Waals surface area contributed by atoms with Crippen molar-refractivity contribution in [2.75, 3.05) is 0 Å². The van der Waals surface area contributed by atoms with Gasteiger partial charge >= 0.3 is 0 Å². The van der Waals surface area contributed by atoms with E-state index in [2.05, 4.69) is 43.4 Å². The van der Waals surface area contributed by atoms with Crippen LogP contribution in [0.2, 0.25) is 0 Å². The van der Waals surface area contributed by atoms with E-state index in [9.17, 15) is 4.39 Å². The Hall–Kier alpha value is -1.67. The largest absolute Gasteiger partial charge is 0.303 e. The normalized spacial score (nSPS) is 17.5. The lowest BCUT2D eigenvalue weighted by atomic mass is 9.99. The van der Waals surface area contributed by atoms with Gasteiger partial charge in [-0.3, -0.25) is 0 Å². The Labute approximate surface area is 126 Å². The molecule has 0 saturated heterocycles. The summed E-state index contributed by atoms with van der Waals surface area (Å²) in [7, 11) is 0. The monoisotopic (exact) mass is 283 g/mol. The third-order valence-electron chi connectivity index (χ3n) is 4.33. The Morgan fingerprint density at radius 2 is 1.52 bits per heavy atom. The first-order valence-corrected chi connectivity index (χ1v) is 7.71. The SMILES string of the molecule is Cc1ccc(C(C)NC(c2ccc(F)cc2)C2CC2)cc1. The van der Waals surface area contributed by atoms with Crippen molar-refractivity contribution in [3.63, 3.8) is 0 Å². The second-order valence-corrected chi connectivity index (χ2v) is 6.17. The van der Waals surface area contributed by atoms with Gasteiger partial charge in [0.05, 0.1) is 0 Å². The van der Waals surface area contributed by atoms with Crippen LogP contribution in [0.3, 0.4) is 0 Å². The Bertz CT molecular complexity index is 584. The molecule has 2 unspecified atom stereocenters. The summed E-state index contributed by atoms with van der Waals surface area (Å²) >= 11 is 0. The number of hydrogen-bond donors (Lipinski definition) is 1. The number of aryl methyl sites for hydroxylation is 1. The van der Waals surface area contributed by atoms with Crippen LogP contribution in [0.15, 0.2) is 48.5 Å². The lowest BCUT2D eigenvalue weighted by molar-refractivity contribution is 0.427. The van der Waals surface area contributed by atoms with E-state index in [-0.39, 0.29) is 5.82 Å². The van der Waals surface area contributed by atoms with Gasteiger partial charge in [-0.15, -0.1) is 0 Å². The van der Waals surface area contributed by atoms with E-state index in [4.69, 9.17) is 0 Å². The maximum absolute atomic E-state index is 13.1.